The summed E-state index contributed by atoms with van der Waals surface area (Å²) < 4.78 is 0. The van der Waals surface area contributed by atoms with Gasteiger partial charge in [-0.05, 0) is 35.4 Å². The lowest BCUT2D eigenvalue weighted by Crippen LogP contribution is -1.97. The average molecular weight is 267 g/mol. The molecule has 0 bridgehead atoms. The fourth-order valence-corrected chi connectivity index (χ4v) is 2.08. The van der Waals surface area contributed by atoms with Gasteiger partial charge in [0.15, 0.2) is 0 Å². The fourth-order valence-electron chi connectivity index (χ4n) is 1.64. The summed E-state index contributed by atoms with van der Waals surface area (Å²) in [6.45, 7) is 0. The first-order valence-corrected chi connectivity index (χ1v) is 5.89. The van der Waals surface area contributed by atoms with Crippen LogP contribution in [0.15, 0.2) is 36.4 Å². The summed E-state index contributed by atoms with van der Waals surface area (Å²) in [5, 5.41) is 1.29. The summed E-state index contributed by atoms with van der Waals surface area (Å²) in [5.41, 5.74) is 14.9. The van der Waals surface area contributed by atoms with Gasteiger partial charge in [-0.15, -0.1) is 0 Å². The summed E-state index contributed by atoms with van der Waals surface area (Å²) in [6, 6.07) is 10.9. The standard InChI is InChI=1S/C13H12Cl2N2/c14-10-3-1-9(13(17)6-10)5-8-2-4-11(16)7-12(8)15/h1-4,6-7H,5,16-17H2. The molecule has 17 heavy (non-hydrogen) atoms. The largest absolute Gasteiger partial charge is 0.399 e. The maximum absolute atomic E-state index is 6.12. The second-order valence-corrected chi connectivity index (χ2v) is 4.71. The van der Waals surface area contributed by atoms with Gasteiger partial charge < -0.3 is 11.5 Å². The minimum Gasteiger partial charge on any atom is -0.399 e. The van der Waals surface area contributed by atoms with Gasteiger partial charge in [-0.2, -0.15) is 0 Å². The van der Waals surface area contributed by atoms with Gasteiger partial charge in [0.25, 0.3) is 0 Å². The van der Waals surface area contributed by atoms with Crippen LogP contribution in [0.1, 0.15) is 11.1 Å². The van der Waals surface area contributed by atoms with Crippen molar-refractivity contribution < 1.29 is 0 Å². The van der Waals surface area contributed by atoms with Gasteiger partial charge in [0, 0.05) is 27.8 Å². The Hall–Kier alpha value is -1.38. The van der Waals surface area contributed by atoms with Crippen LogP contribution in [0.4, 0.5) is 11.4 Å². The van der Waals surface area contributed by atoms with Crippen molar-refractivity contribution in [3.05, 3.63) is 57.6 Å². The lowest BCUT2D eigenvalue weighted by molar-refractivity contribution is 1.20. The highest BCUT2D eigenvalue weighted by atomic mass is 35.5. The van der Waals surface area contributed by atoms with E-state index in [-0.39, 0.29) is 0 Å². The normalized spacial score (nSPS) is 10.5. The van der Waals surface area contributed by atoms with E-state index >= 15 is 0 Å². The van der Waals surface area contributed by atoms with Gasteiger partial charge in [-0.25, -0.2) is 0 Å². The third-order valence-corrected chi connectivity index (χ3v) is 3.15. The Morgan fingerprint density at radius 1 is 0.882 bits per heavy atom. The van der Waals surface area contributed by atoms with Gasteiger partial charge in [-0.1, -0.05) is 35.3 Å². The van der Waals surface area contributed by atoms with E-state index in [0.717, 1.165) is 11.1 Å². The highest BCUT2D eigenvalue weighted by molar-refractivity contribution is 6.31. The number of hydrogen-bond acceptors (Lipinski definition) is 2. The summed E-state index contributed by atoms with van der Waals surface area (Å²) >= 11 is 12.0. The molecule has 0 unspecified atom stereocenters. The van der Waals surface area contributed by atoms with Gasteiger partial charge >= 0.3 is 0 Å². The minimum absolute atomic E-state index is 0.634. The van der Waals surface area contributed by atoms with E-state index in [2.05, 4.69) is 0 Å². The Balaban J connectivity index is 2.31. The lowest BCUT2D eigenvalue weighted by atomic mass is 10.0. The molecule has 4 heteroatoms. The molecule has 2 aromatic carbocycles. The molecule has 0 aliphatic carbocycles. The molecule has 0 fully saturated rings. The van der Waals surface area contributed by atoms with Crippen LogP contribution < -0.4 is 11.5 Å². The lowest BCUT2D eigenvalue weighted by Gasteiger charge is -2.08. The number of halogens is 2. The Morgan fingerprint density at radius 3 is 2.24 bits per heavy atom. The maximum atomic E-state index is 6.12. The molecule has 2 rings (SSSR count). The molecule has 2 nitrogen and oxygen atoms in total. The van der Waals surface area contributed by atoms with Crippen molar-refractivity contribution in [3.8, 4) is 0 Å². The van der Waals surface area contributed by atoms with Gasteiger partial charge in [-0.3, -0.25) is 0 Å². The zero-order valence-electron chi connectivity index (χ0n) is 9.08. The quantitative estimate of drug-likeness (QED) is 0.814. The third kappa shape index (κ3) is 2.84. The molecule has 2 aromatic rings. The number of hydrogen-bond donors (Lipinski definition) is 2. The van der Waals surface area contributed by atoms with E-state index in [0.29, 0.717) is 27.8 Å². The number of nitrogens with two attached hydrogens (primary N) is 2. The van der Waals surface area contributed by atoms with E-state index in [1.54, 1.807) is 12.1 Å². The molecule has 0 aromatic heterocycles. The van der Waals surface area contributed by atoms with Crippen molar-refractivity contribution in [3.63, 3.8) is 0 Å². The molecule has 0 aliphatic rings. The first-order chi connectivity index (χ1) is 8.06. The highest BCUT2D eigenvalue weighted by Gasteiger charge is 2.05. The van der Waals surface area contributed by atoms with Crippen molar-refractivity contribution in [1.82, 2.24) is 0 Å². The summed E-state index contributed by atoms with van der Waals surface area (Å²) in [5.74, 6) is 0. The molecule has 0 saturated carbocycles. The zero-order chi connectivity index (χ0) is 12.4. The van der Waals surface area contributed by atoms with Gasteiger partial charge in [0.1, 0.15) is 0 Å². The fraction of sp³-hybridized carbons (Fsp3) is 0.0769. The summed E-state index contributed by atoms with van der Waals surface area (Å²) in [4.78, 5) is 0. The molecule has 0 aliphatic heterocycles. The van der Waals surface area contributed by atoms with Crippen LogP contribution >= 0.6 is 23.2 Å². The Bertz CT molecular complexity index is 504. The number of anilines is 2. The minimum atomic E-state index is 0.634. The van der Waals surface area contributed by atoms with E-state index in [4.69, 9.17) is 34.7 Å². The van der Waals surface area contributed by atoms with Crippen molar-refractivity contribution in [2.75, 3.05) is 11.5 Å². The molecule has 0 saturated heterocycles. The van der Waals surface area contributed by atoms with Crippen LogP contribution in [-0.4, -0.2) is 0 Å². The predicted molar refractivity (Wildman–Crippen MR) is 74.5 cm³/mol. The van der Waals surface area contributed by atoms with E-state index in [1.165, 1.54) is 0 Å². The van der Waals surface area contributed by atoms with Gasteiger partial charge in [0.2, 0.25) is 0 Å². The summed E-state index contributed by atoms with van der Waals surface area (Å²) in [7, 11) is 0. The van der Waals surface area contributed by atoms with Gasteiger partial charge in [0.05, 0.1) is 0 Å². The maximum Gasteiger partial charge on any atom is 0.0461 e. The monoisotopic (exact) mass is 266 g/mol. The molecule has 4 N–H and O–H groups in total. The zero-order valence-corrected chi connectivity index (χ0v) is 10.6. The van der Waals surface area contributed by atoms with Crippen LogP contribution in [0.25, 0.3) is 0 Å². The molecule has 88 valence electrons. The van der Waals surface area contributed by atoms with Crippen LogP contribution in [0, 0.1) is 0 Å². The number of nitrogen functional groups attached to an aromatic ring is 2. The van der Waals surface area contributed by atoms with Crippen LogP contribution in [0.3, 0.4) is 0 Å². The van der Waals surface area contributed by atoms with Crippen LogP contribution in [-0.2, 0) is 6.42 Å². The van der Waals surface area contributed by atoms with Crippen molar-refractivity contribution in [1.29, 1.82) is 0 Å². The molecule has 0 radical (unpaired) electrons. The van der Waals surface area contributed by atoms with Crippen LogP contribution in [0.5, 0.6) is 0 Å². The molecular weight excluding hydrogens is 255 g/mol. The van der Waals surface area contributed by atoms with E-state index in [9.17, 15) is 0 Å². The highest BCUT2D eigenvalue weighted by Crippen LogP contribution is 2.25. The molecule has 0 atom stereocenters. The topological polar surface area (TPSA) is 52.0 Å². The molecule has 0 amide bonds. The van der Waals surface area contributed by atoms with Crippen LogP contribution in [0.2, 0.25) is 10.0 Å². The SMILES string of the molecule is Nc1ccc(Cc2ccc(Cl)cc2N)c(Cl)c1. The van der Waals surface area contributed by atoms with Crippen molar-refractivity contribution >= 4 is 34.6 Å². The van der Waals surface area contributed by atoms with E-state index in [1.807, 2.05) is 24.3 Å². The Labute approximate surface area is 110 Å². The first-order valence-electron chi connectivity index (χ1n) is 5.14. The second-order valence-electron chi connectivity index (χ2n) is 3.87. The number of benzene rings is 2. The smallest absolute Gasteiger partial charge is 0.0461 e. The number of rotatable bonds is 2. The van der Waals surface area contributed by atoms with E-state index < -0.39 is 0 Å². The molecule has 0 spiro atoms. The molecular formula is C13H12Cl2N2. The molecule has 0 heterocycles. The second kappa shape index (κ2) is 4.86. The van der Waals surface area contributed by atoms with Crippen molar-refractivity contribution in [2.24, 2.45) is 0 Å². The predicted octanol–water partition coefficient (Wildman–Crippen LogP) is 3.75. The Kier molecular flexibility index (Phi) is 3.46. The summed E-state index contributed by atoms with van der Waals surface area (Å²) in [6.07, 6.45) is 0.669. The third-order valence-electron chi connectivity index (χ3n) is 2.57. The average Bonchev–Trinajstić information content (AvgIpc) is 2.25. The Morgan fingerprint density at radius 2 is 1.59 bits per heavy atom. The van der Waals surface area contributed by atoms with Crippen molar-refractivity contribution in [2.45, 2.75) is 6.42 Å². The first kappa shape index (κ1) is 12.1.